The topological polar surface area (TPSA) is 53.3 Å². The van der Waals surface area contributed by atoms with Gasteiger partial charge in [-0.25, -0.2) is 0 Å². The van der Waals surface area contributed by atoms with Gasteiger partial charge in [-0.05, 0) is 23.8 Å². The number of benzene rings is 1. The van der Waals surface area contributed by atoms with Crippen LogP contribution in [0.2, 0.25) is 0 Å². The Morgan fingerprint density at radius 1 is 1.23 bits per heavy atom. The molecule has 0 atom stereocenters. The van der Waals surface area contributed by atoms with E-state index in [1.54, 1.807) is 6.08 Å². The lowest BCUT2D eigenvalue weighted by Gasteiger charge is -2.28. The molecule has 1 aromatic rings. The summed E-state index contributed by atoms with van der Waals surface area (Å²) in [5, 5.41) is 9.22. The number of nitrogens with zero attached hydrogens (tertiary/aromatic N) is 2. The minimum Gasteiger partial charge on any atom is -0.378 e. The highest BCUT2D eigenvalue weighted by atomic mass is 16.5. The lowest BCUT2D eigenvalue weighted by Crippen LogP contribution is -2.36. The zero-order valence-corrected chi connectivity index (χ0v) is 13.4. The van der Waals surface area contributed by atoms with E-state index in [-0.39, 0.29) is 11.4 Å². The summed E-state index contributed by atoms with van der Waals surface area (Å²) in [5.41, 5.74) is 1.66. The molecule has 0 unspecified atom stereocenters. The Labute approximate surface area is 132 Å². The highest BCUT2D eigenvalue weighted by Gasteiger charge is 2.24. The number of nitriles is 1. The van der Waals surface area contributed by atoms with E-state index in [0.717, 1.165) is 37.6 Å². The maximum absolute atomic E-state index is 12.2. The molecule has 1 saturated heterocycles. The molecule has 0 bridgehead atoms. The van der Waals surface area contributed by atoms with E-state index in [9.17, 15) is 10.1 Å². The third-order valence-electron chi connectivity index (χ3n) is 3.63. The van der Waals surface area contributed by atoms with E-state index in [1.807, 2.05) is 51.1 Å². The molecule has 0 aromatic heterocycles. The number of ether oxygens (including phenoxy) is 1. The smallest absolute Gasteiger partial charge is 0.178 e. The number of rotatable bonds is 3. The summed E-state index contributed by atoms with van der Waals surface area (Å²) in [5.74, 6) is -0.132. The van der Waals surface area contributed by atoms with Crippen LogP contribution in [0.5, 0.6) is 0 Å². The highest BCUT2D eigenvalue weighted by Crippen LogP contribution is 2.22. The molecule has 116 valence electrons. The fourth-order valence-corrected chi connectivity index (χ4v) is 2.32. The zero-order valence-electron chi connectivity index (χ0n) is 13.4. The molecule has 0 saturated carbocycles. The van der Waals surface area contributed by atoms with Gasteiger partial charge in [-0.15, -0.1) is 0 Å². The standard InChI is InChI=1S/C18H22N2O2/c1-18(2,3)17(21)15(13-19)12-14-4-6-16(7-5-14)20-8-10-22-11-9-20/h4-7,12H,8-11H2,1-3H3. The van der Waals surface area contributed by atoms with Crippen molar-refractivity contribution >= 4 is 17.5 Å². The quantitative estimate of drug-likeness (QED) is 0.636. The molecule has 0 N–H and O–H groups in total. The summed E-state index contributed by atoms with van der Waals surface area (Å²) in [6.07, 6.45) is 1.66. The largest absolute Gasteiger partial charge is 0.378 e. The molecule has 1 aliphatic rings. The van der Waals surface area contributed by atoms with Gasteiger partial charge in [0.1, 0.15) is 6.07 Å². The van der Waals surface area contributed by atoms with Gasteiger partial charge in [-0.1, -0.05) is 32.9 Å². The SMILES string of the molecule is CC(C)(C)C(=O)C(C#N)=Cc1ccc(N2CCOCC2)cc1. The number of carbonyl (C=O) groups is 1. The zero-order chi connectivity index (χ0) is 16.2. The first kappa shape index (κ1) is 16.3. The van der Waals surface area contributed by atoms with Crippen LogP contribution in [-0.4, -0.2) is 32.1 Å². The molecule has 1 heterocycles. The normalized spacial score (nSPS) is 16.3. The molecule has 22 heavy (non-hydrogen) atoms. The number of hydrogen-bond acceptors (Lipinski definition) is 4. The Bertz CT molecular complexity index is 597. The number of carbonyl (C=O) groups excluding carboxylic acids is 1. The molecule has 4 heteroatoms. The van der Waals surface area contributed by atoms with Gasteiger partial charge in [0.15, 0.2) is 5.78 Å². The third-order valence-corrected chi connectivity index (χ3v) is 3.63. The van der Waals surface area contributed by atoms with Crippen molar-refractivity contribution in [1.82, 2.24) is 0 Å². The van der Waals surface area contributed by atoms with Crippen LogP contribution < -0.4 is 4.90 Å². The highest BCUT2D eigenvalue weighted by molar-refractivity contribution is 6.06. The van der Waals surface area contributed by atoms with Crippen LogP contribution in [-0.2, 0) is 9.53 Å². The fourth-order valence-electron chi connectivity index (χ4n) is 2.32. The van der Waals surface area contributed by atoms with Gasteiger partial charge in [0.05, 0.1) is 18.8 Å². The van der Waals surface area contributed by atoms with E-state index in [1.165, 1.54) is 0 Å². The summed E-state index contributed by atoms with van der Waals surface area (Å²) in [7, 11) is 0. The van der Waals surface area contributed by atoms with Crippen LogP contribution >= 0.6 is 0 Å². The number of hydrogen-bond donors (Lipinski definition) is 0. The Balaban J connectivity index is 2.17. The lowest BCUT2D eigenvalue weighted by molar-refractivity contribution is -0.121. The van der Waals surface area contributed by atoms with E-state index in [4.69, 9.17) is 4.74 Å². The van der Waals surface area contributed by atoms with Crippen molar-refractivity contribution in [1.29, 1.82) is 5.26 Å². The maximum atomic E-state index is 12.2. The van der Waals surface area contributed by atoms with Gasteiger partial charge >= 0.3 is 0 Å². The Hall–Kier alpha value is -2.12. The average Bonchev–Trinajstić information content (AvgIpc) is 2.52. The molecule has 0 spiro atoms. The van der Waals surface area contributed by atoms with E-state index >= 15 is 0 Å². The molecule has 0 radical (unpaired) electrons. The maximum Gasteiger partial charge on any atom is 0.178 e. The first-order chi connectivity index (χ1) is 10.4. The number of allylic oxidation sites excluding steroid dienone is 1. The van der Waals surface area contributed by atoms with Crippen molar-refractivity contribution in [3.63, 3.8) is 0 Å². The molecular formula is C18H22N2O2. The molecule has 0 amide bonds. The molecule has 0 aliphatic carbocycles. The van der Waals surface area contributed by atoms with Crippen molar-refractivity contribution in [2.45, 2.75) is 20.8 Å². The van der Waals surface area contributed by atoms with E-state index < -0.39 is 5.41 Å². The van der Waals surface area contributed by atoms with E-state index in [2.05, 4.69) is 4.90 Å². The average molecular weight is 298 g/mol. The summed E-state index contributed by atoms with van der Waals surface area (Å²) in [6.45, 7) is 8.75. The molecule has 1 aromatic carbocycles. The summed E-state index contributed by atoms with van der Waals surface area (Å²) in [4.78, 5) is 14.5. The number of Topliss-reactive ketones (excluding diaryl/α,β-unsaturated/α-hetero) is 1. The second kappa shape index (κ2) is 6.76. The van der Waals surface area contributed by atoms with Gasteiger partial charge in [-0.2, -0.15) is 5.26 Å². The van der Waals surface area contributed by atoms with Crippen molar-refractivity contribution < 1.29 is 9.53 Å². The van der Waals surface area contributed by atoms with Crippen LogP contribution in [0.25, 0.3) is 6.08 Å². The predicted octanol–water partition coefficient (Wildman–Crippen LogP) is 3.05. The van der Waals surface area contributed by atoms with Crippen molar-refractivity contribution in [2.24, 2.45) is 5.41 Å². The van der Waals surface area contributed by atoms with Crippen LogP contribution in [0.4, 0.5) is 5.69 Å². The van der Waals surface area contributed by atoms with Crippen LogP contribution in [0.3, 0.4) is 0 Å². The second-order valence-corrected chi connectivity index (χ2v) is 6.44. The first-order valence-corrected chi connectivity index (χ1v) is 7.51. The summed E-state index contributed by atoms with van der Waals surface area (Å²) >= 11 is 0. The summed E-state index contributed by atoms with van der Waals surface area (Å²) in [6, 6.07) is 9.95. The predicted molar refractivity (Wildman–Crippen MR) is 87.5 cm³/mol. The van der Waals surface area contributed by atoms with Crippen molar-refractivity contribution in [2.75, 3.05) is 31.2 Å². The van der Waals surface area contributed by atoms with Gasteiger partial charge in [-0.3, -0.25) is 4.79 Å². The Kier molecular flexibility index (Phi) is 4.99. The Morgan fingerprint density at radius 3 is 2.32 bits per heavy atom. The van der Waals surface area contributed by atoms with E-state index in [0.29, 0.717) is 0 Å². The lowest BCUT2D eigenvalue weighted by atomic mass is 9.86. The molecule has 1 aliphatic heterocycles. The molecular weight excluding hydrogens is 276 g/mol. The fraction of sp³-hybridized carbons (Fsp3) is 0.444. The number of ketones is 1. The third kappa shape index (κ3) is 3.96. The molecule has 4 nitrogen and oxygen atoms in total. The van der Waals surface area contributed by atoms with Gasteiger partial charge in [0.2, 0.25) is 0 Å². The molecule has 2 rings (SSSR count). The second-order valence-electron chi connectivity index (χ2n) is 6.44. The van der Waals surface area contributed by atoms with Crippen LogP contribution in [0.15, 0.2) is 29.8 Å². The minimum atomic E-state index is -0.546. The minimum absolute atomic E-state index is 0.132. The number of morpholine rings is 1. The monoisotopic (exact) mass is 298 g/mol. The first-order valence-electron chi connectivity index (χ1n) is 7.51. The van der Waals surface area contributed by atoms with Gasteiger partial charge in [0, 0.05) is 24.2 Å². The van der Waals surface area contributed by atoms with Crippen molar-refractivity contribution in [3.8, 4) is 6.07 Å². The van der Waals surface area contributed by atoms with Crippen LogP contribution in [0.1, 0.15) is 26.3 Å². The van der Waals surface area contributed by atoms with Gasteiger partial charge in [0.25, 0.3) is 0 Å². The Morgan fingerprint density at radius 2 is 1.82 bits per heavy atom. The summed E-state index contributed by atoms with van der Waals surface area (Å²) < 4.78 is 5.35. The van der Waals surface area contributed by atoms with Crippen LogP contribution in [0, 0.1) is 16.7 Å². The van der Waals surface area contributed by atoms with Gasteiger partial charge < -0.3 is 9.64 Å². The number of anilines is 1. The molecule has 1 fully saturated rings. The van der Waals surface area contributed by atoms with Crippen molar-refractivity contribution in [3.05, 3.63) is 35.4 Å².